The lowest BCUT2D eigenvalue weighted by Crippen LogP contribution is -2.00. The monoisotopic (exact) mass is 370 g/mol. The van der Waals surface area contributed by atoms with E-state index in [1.807, 2.05) is 18.2 Å². The Hall–Kier alpha value is -2.07. The van der Waals surface area contributed by atoms with Gasteiger partial charge in [0.25, 0.3) is 6.43 Å². The van der Waals surface area contributed by atoms with Gasteiger partial charge in [0.05, 0.1) is 19.0 Å². The van der Waals surface area contributed by atoms with Gasteiger partial charge in [-0.25, -0.2) is 8.78 Å². The number of nitrogens with one attached hydrogen (secondary N) is 1. The second-order valence-corrected chi connectivity index (χ2v) is 6.88. The molecule has 0 aliphatic heterocycles. The summed E-state index contributed by atoms with van der Waals surface area (Å²) in [4.78, 5) is 12.1. The number of methoxy groups -OCH3 is 1. The predicted octanol–water partition coefficient (Wildman–Crippen LogP) is 3.67. The molecule has 0 aliphatic rings. The number of halogens is 2. The summed E-state index contributed by atoms with van der Waals surface area (Å²) in [6.45, 7) is 0. The maximum absolute atomic E-state index is 12.7. The number of hydrogen-bond donors (Lipinski definition) is 1. The molecule has 0 radical (unpaired) electrons. The number of ether oxygens (including phenoxy) is 1. The molecule has 0 saturated carbocycles. The van der Waals surface area contributed by atoms with Crippen LogP contribution in [0.5, 0.6) is 0 Å². The molecule has 0 atom stereocenters. The summed E-state index contributed by atoms with van der Waals surface area (Å²) < 4.78 is 29.9. The minimum absolute atomic E-state index is 0.263. The standard InChI is InChI=1S/C14H12F2N4O2S2/c1-22-10(21)4-5-23-7-2-3-9-8(6-7)11(18-17-9)13-19-20-14(24-13)12(15)16/h2-3,6,12H,4-5H2,1H3,(H,17,18). The number of aromatic amines is 1. The summed E-state index contributed by atoms with van der Waals surface area (Å²) in [5.41, 5.74) is 1.26. The number of hydrogen-bond acceptors (Lipinski definition) is 7. The van der Waals surface area contributed by atoms with Gasteiger partial charge in [-0.3, -0.25) is 9.89 Å². The normalized spacial score (nSPS) is 11.3. The molecule has 1 aromatic carbocycles. The lowest BCUT2D eigenvalue weighted by molar-refractivity contribution is -0.140. The third-order valence-corrected chi connectivity index (χ3v) is 5.10. The average molecular weight is 370 g/mol. The van der Waals surface area contributed by atoms with E-state index in [-0.39, 0.29) is 11.0 Å². The molecule has 3 rings (SSSR count). The Morgan fingerprint density at radius 2 is 2.25 bits per heavy atom. The zero-order chi connectivity index (χ0) is 17.1. The molecular weight excluding hydrogens is 358 g/mol. The Morgan fingerprint density at radius 3 is 2.96 bits per heavy atom. The quantitative estimate of drug-likeness (QED) is 0.527. The zero-order valence-electron chi connectivity index (χ0n) is 12.5. The van der Waals surface area contributed by atoms with Crippen molar-refractivity contribution >= 4 is 40.0 Å². The van der Waals surface area contributed by atoms with Crippen LogP contribution in [0.25, 0.3) is 21.6 Å². The molecule has 0 bridgehead atoms. The van der Waals surface area contributed by atoms with Gasteiger partial charge in [0, 0.05) is 16.0 Å². The van der Waals surface area contributed by atoms with Crippen LogP contribution in [-0.2, 0) is 9.53 Å². The highest BCUT2D eigenvalue weighted by Gasteiger charge is 2.18. The molecule has 3 aromatic rings. The van der Waals surface area contributed by atoms with Gasteiger partial charge in [-0.2, -0.15) is 5.10 Å². The molecule has 0 unspecified atom stereocenters. The molecule has 0 spiro atoms. The first-order valence-corrected chi connectivity index (χ1v) is 8.68. The van der Waals surface area contributed by atoms with Crippen molar-refractivity contribution in [2.45, 2.75) is 17.7 Å². The lowest BCUT2D eigenvalue weighted by Gasteiger charge is -2.01. The fourth-order valence-electron chi connectivity index (χ4n) is 2.02. The Kier molecular flexibility index (Phi) is 5.05. The van der Waals surface area contributed by atoms with Crippen molar-refractivity contribution in [1.29, 1.82) is 0 Å². The second-order valence-electron chi connectivity index (χ2n) is 4.70. The van der Waals surface area contributed by atoms with Crippen LogP contribution in [0.3, 0.4) is 0 Å². The average Bonchev–Trinajstić information content (AvgIpc) is 3.20. The number of carbonyl (C=O) groups is 1. The van der Waals surface area contributed by atoms with Crippen molar-refractivity contribution in [1.82, 2.24) is 20.4 Å². The summed E-state index contributed by atoms with van der Waals surface area (Å²) >= 11 is 2.32. The van der Waals surface area contributed by atoms with Gasteiger partial charge >= 0.3 is 5.97 Å². The second kappa shape index (κ2) is 7.22. The van der Waals surface area contributed by atoms with Gasteiger partial charge in [0.2, 0.25) is 0 Å². The topological polar surface area (TPSA) is 80.8 Å². The molecule has 0 saturated heterocycles. The zero-order valence-corrected chi connectivity index (χ0v) is 14.1. The molecule has 0 amide bonds. The maximum atomic E-state index is 12.7. The van der Waals surface area contributed by atoms with Crippen molar-refractivity contribution < 1.29 is 18.3 Å². The summed E-state index contributed by atoms with van der Waals surface area (Å²) in [6.07, 6.45) is -2.34. The molecule has 6 nitrogen and oxygen atoms in total. The van der Waals surface area contributed by atoms with Crippen LogP contribution in [-0.4, -0.2) is 39.2 Å². The van der Waals surface area contributed by atoms with Crippen molar-refractivity contribution in [3.63, 3.8) is 0 Å². The van der Waals surface area contributed by atoms with Gasteiger partial charge in [-0.05, 0) is 18.2 Å². The number of thioether (sulfide) groups is 1. The number of H-pyrrole nitrogens is 1. The Morgan fingerprint density at radius 1 is 1.42 bits per heavy atom. The largest absolute Gasteiger partial charge is 0.469 e. The SMILES string of the molecule is COC(=O)CCSc1ccc2[nH]nc(-c3nnc(C(F)F)s3)c2c1. The summed E-state index contributed by atoms with van der Waals surface area (Å²) in [5.74, 6) is 0.320. The van der Waals surface area contributed by atoms with Gasteiger partial charge in [-0.1, -0.05) is 11.3 Å². The molecule has 1 N–H and O–H groups in total. The van der Waals surface area contributed by atoms with E-state index in [9.17, 15) is 13.6 Å². The minimum Gasteiger partial charge on any atom is -0.469 e. The van der Waals surface area contributed by atoms with Gasteiger partial charge in [-0.15, -0.1) is 22.0 Å². The summed E-state index contributed by atoms with van der Waals surface area (Å²) in [7, 11) is 1.35. The van der Waals surface area contributed by atoms with Gasteiger partial charge in [0.15, 0.2) is 10.0 Å². The van der Waals surface area contributed by atoms with E-state index >= 15 is 0 Å². The number of rotatable bonds is 6. The summed E-state index contributed by atoms with van der Waals surface area (Å²) in [6, 6.07) is 5.64. The van der Waals surface area contributed by atoms with E-state index in [0.717, 1.165) is 27.1 Å². The van der Waals surface area contributed by atoms with Crippen molar-refractivity contribution in [2.75, 3.05) is 12.9 Å². The van der Waals surface area contributed by atoms with Crippen molar-refractivity contribution in [3.8, 4) is 10.7 Å². The minimum atomic E-state index is -2.65. The molecule has 2 heterocycles. The van der Waals surface area contributed by atoms with Crippen molar-refractivity contribution in [2.24, 2.45) is 0 Å². The third kappa shape index (κ3) is 3.54. The van der Waals surface area contributed by atoms with E-state index in [0.29, 0.717) is 22.9 Å². The van der Waals surface area contributed by atoms with Crippen LogP contribution in [0.15, 0.2) is 23.1 Å². The molecule has 10 heteroatoms. The number of nitrogens with zero attached hydrogens (tertiary/aromatic N) is 3. The Balaban J connectivity index is 1.84. The highest BCUT2D eigenvalue weighted by atomic mass is 32.2. The first-order valence-electron chi connectivity index (χ1n) is 6.88. The van der Waals surface area contributed by atoms with E-state index in [1.54, 1.807) is 0 Å². The van der Waals surface area contributed by atoms with Crippen molar-refractivity contribution in [3.05, 3.63) is 23.2 Å². The molecule has 0 fully saturated rings. The predicted molar refractivity (Wildman–Crippen MR) is 87.3 cm³/mol. The number of carbonyl (C=O) groups excluding carboxylic acids is 1. The van der Waals surface area contributed by atoms with Gasteiger partial charge in [0.1, 0.15) is 5.69 Å². The summed E-state index contributed by atoms with van der Waals surface area (Å²) in [5, 5.41) is 15.1. The number of esters is 1. The first kappa shape index (κ1) is 16.8. The van der Waals surface area contributed by atoms with Crippen LogP contribution in [0.2, 0.25) is 0 Å². The smallest absolute Gasteiger partial charge is 0.306 e. The number of alkyl halides is 2. The number of benzene rings is 1. The van der Waals surface area contributed by atoms with Crippen LogP contribution in [0.4, 0.5) is 8.78 Å². The molecule has 126 valence electrons. The molecular formula is C14H12F2N4O2S2. The molecule has 24 heavy (non-hydrogen) atoms. The number of aromatic nitrogens is 4. The number of fused-ring (bicyclic) bond motifs is 1. The highest BCUT2D eigenvalue weighted by Crippen LogP contribution is 2.33. The Labute approximate surface area is 143 Å². The fraction of sp³-hybridized carbons (Fsp3) is 0.286. The van der Waals surface area contributed by atoms with E-state index in [2.05, 4.69) is 25.1 Å². The van der Waals surface area contributed by atoms with Crippen LogP contribution < -0.4 is 0 Å². The third-order valence-electron chi connectivity index (χ3n) is 3.17. The van der Waals surface area contributed by atoms with E-state index < -0.39 is 6.43 Å². The van der Waals surface area contributed by atoms with Crippen LogP contribution in [0, 0.1) is 0 Å². The lowest BCUT2D eigenvalue weighted by atomic mass is 10.2. The molecule has 0 aliphatic carbocycles. The van der Waals surface area contributed by atoms with Gasteiger partial charge < -0.3 is 4.74 Å². The maximum Gasteiger partial charge on any atom is 0.306 e. The highest BCUT2D eigenvalue weighted by molar-refractivity contribution is 7.99. The molecule has 2 aromatic heterocycles. The Bertz CT molecular complexity index is 865. The van der Waals surface area contributed by atoms with E-state index in [4.69, 9.17) is 0 Å². The first-order chi connectivity index (χ1) is 11.6. The van der Waals surface area contributed by atoms with E-state index in [1.165, 1.54) is 18.9 Å². The fourth-order valence-corrected chi connectivity index (χ4v) is 3.59. The van der Waals surface area contributed by atoms with Crippen LogP contribution in [0.1, 0.15) is 17.9 Å². The van der Waals surface area contributed by atoms with Crippen LogP contribution >= 0.6 is 23.1 Å².